The molecule has 1 N–H and O–H groups in total. The van der Waals surface area contributed by atoms with E-state index in [9.17, 15) is 0 Å². The molecule has 16 heavy (non-hydrogen) atoms. The Hall–Kier alpha value is -0.730. The minimum Gasteiger partial charge on any atom is -0.492 e. The first-order valence-corrected chi connectivity index (χ1v) is 5.92. The summed E-state index contributed by atoms with van der Waals surface area (Å²) >= 11 is 6.19. The molecule has 0 bridgehead atoms. The molecular weight excluding hydrogens is 222 g/mol. The van der Waals surface area contributed by atoms with Crippen molar-refractivity contribution in [2.75, 3.05) is 13.7 Å². The fourth-order valence-corrected chi connectivity index (χ4v) is 1.95. The summed E-state index contributed by atoms with van der Waals surface area (Å²) in [5.74, 6) is 0.761. The maximum absolute atomic E-state index is 6.19. The zero-order chi connectivity index (χ0) is 12.3. The molecule has 0 aliphatic carbocycles. The summed E-state index contributed by atoms with van der Waals surface area (Å²) < 4.78 is 5.47. The van der Waals surface area contributed by atoms with Gasteiger partial charge in [0.05, 0.1) is 11.6 Å². The number of nitrogens with one attached hydrogen (secondary N) is 1. The standard InChI is InChI=1S/C13H20ClNO/c1-6-16-12-7-9(2)10(8-11(12)14)13(3,4)15-5/h7-8,15H,6H2,1-5H3. The van der Waals surface area contributed by atoms with Gasteiger partial charge in [0.2, 0.25) is 0 Å². The lowest BCUT2D eigenvalue weighted by Gasteiger charge is -2.27. The Kier molecular flexibility index (Phi) is 4.22. The number of halogens is 1. The van der Waals surface area contributed by atoms with Crippen LogP contribution in [0.15, 0.2) is 12.1 Å². The second-order valence-electron chi connectivity index (χ2n) is 4.41. The van der Waals surface area contributed by atoms with Crippen LogP contribution in [-0.2, 0) is 5.54 Å². The first-order valence-electron chi connectivity index (χ1n) is 5.54. The minimum atomic E-state index is -0.0849. The average Bonchev–Trinajstić information content (AvgIpc) is 2.23. The number of benzene rings is 1. The molecule has 0 radical (unpaired) electrons. The van der Waals surface area contributed by atoms with E-state index in [1.165, 1.54) is 11.1 Å². The number of aryl methyl sites for hydroxylation is 1. The van der Waals surface area contributed by atoms with E-state index in [2.05, 4.69) is 26.1 Å². The molecule has 0 amide bonds. The van der Waals surface area contributed by atoms with Crippen LogP contribution in [0.5, 0.6) is 5.75 Å². The molecule has 2 nitrogen and oxygen atoms in total. The highest BCUT2D eigenvalue weighted by Crippen LogP contribution is 2.33. The van der Waals surface area contributed by atoms with E-state index in [-0.39, 0.29) is 5.54 Å². The number of hydrogen-bond acceptors (Lipinski definition) is 2. The quantitative estimate of drug-likeness (QED) is 0.871. The lowest BCUT2D eigenvalue weighted by Crippen LogP contribution is -2.33. The molecule has 0 spiro atoms. The second-order valence-corrected chi connectivity index (χ2v) is 4.81. The Morgan fingerprint density at radius 1 is 1.38 bits per heavy atom. The molecule has 0 saturated heterocycles. The first kappa shape index (κ1) is 13.3. The lowest BCUT2D eigenvalue weighted by atomic mass is 9.90. The van der Waals surface area contributed by atoms with Crippen LogP contribution in [-0.4, -0.2) is 13.7 Å². The molecule has 0 saturated carbocycles. The topological polar surface area (TPSA) is 21.3 Å². The van der Waals surface area contributed by atoms with Crippen molar-refractivity contribution in [3.8, 4) is 5.75 Å². The molecule has 1 rings (SSSR count). The Labute approximate surface area is 103 Å². The molecule has 0 aliphatic rings. The van der Waals surface area contributed by atoms with Gasteiger partial charge in [-0.3, -0.25) is 0 Å². The predicted molar refractivity (Wildman–Crippen MR) is 69.4 cm³/mol. The molecule has 0 heterocycles. The summed E-state index contributed by atoms with van der Waals surface area (Å²) in [6.45, 7) is 8.93. The summed E-state index contributed by atoms with van der Waals surface area (Å²) in [5.41, 5.74) is 2.30. The van der Waals surface area contributed by atoms with E-state index in [1.807, 2.05) is 26.1 Å². The van der Waals surface area contributed by atoms with Crippen LogP contribution in [0.4, 0.5) is 0 Å². The monoisotopic (exact) mass is 241 g/mol. The maximum Gasteiger partial charge on any atom is 0.138 e. The molecule has 1 aromatic rings. The average molecular weight is 242 g/mol. The number of hydrogen-bond donors (Lipinski definition) is 1. The van der Waals surface area contributed by atoms with Gasteiger partial charge < -0.3 is 10.1 Å². The fourth-order valence-electron chi connectivity index (χ4n) is 1.73. The predicted octanol–water partition coefficient (Wildman–Crippen LogP) is 3.50. The fraction of sp³-hybridized carbons (Fsp3) is 0.538. The van der Waals surface area contributed by atoms with Gasteiger partial charge in [0.15, 0.2) is 0 Å². The normalized spacial score (nSPS) is 11.6. The lowest BCUT2D eigenvalue weighted by molar-refractivity contribution is 0.339. The third-order valence-electron chi connectivity index (χ3n) is 2.88. The van der Waals surface area contributed by atoms with Gasteiger partial charge >= 0.3 is 0 Å². The van der Waals surface area contributed by atoms with Crippen LogP contribution in [0.1, 0.15) is 31.9 Å². The Morgan fingerprint density at radius 2 is 2.00 bits per heavy atom. The van der Waals surface area contributed by atoms with Gasteiger partial charge in [-0.1, -0.05) is 11.6 Å². The van der Waals surface area contributed by atoms with Crippen LogP contribution in [0.2, 0.25) is 5.02 Å². The van der Waals surface area contributed by atoms with Crippen LogP contribution in [0.25, 0.3) is 0 Å². The summed E-state index contributed by atoms with van der Waals surface area (Å²) in [5, 5.41) is 3.95. The summed E-state index contributed by atoms with van der Waals surface area (Å²) in [6.07, 6.45) is 0. The van der Waals surface area contributed by atoms with Crippen molar-refractivity contribution >= 4 is 11.6 Å². The Balaban J connectivity index is 3.20. The molecule has 0 unspecified atom stereocenters. The zero-order valence-electron chi connectivity index (χ0n) is 10.6. The van der Waals surface area contributed by atoms with Crippen molar-refractivity contribution in [1.29, 1.82) is 0 Å². The van der Waals surface area contributed by atoms with Crippen molar-refractivity contribution in [3.63, 3.8) is 0 Å². The Bertz CT molecular complexity index is 374. The van der Waals surface area contributed by atoms with E-state index >= 15 is 0 Å². The molecule has 90 valence electrons. The van der Waals surface area contributed by atoms with Crippen molar-refractivity contribution in [2.24, 2.45) is 0 Å². The summed E-state index contributed by atoms with van der Waals surface area (Å²) in [6, 6.07) is 3.98. The minimum absolute atomic E-state index is 0.0849. The van der Waals surface area contributed by atoms with Crippen molar-refractivity contribution in [2.45, 2.75) is 33.2 Å². The van der Waals surface area contributed by atoms with Gasteiger partial charge in [0.1, 0.15) is 5.75 Å². The Morgan fingerprint density at radius 3 is 2.50 bits per heavy atom. The van der Waals surface area contributed by atoms with Gasteiger partial charge in [-0.25, -0.2) is 0 Å². The number of ether oxygens (including phenoxy) is 1. The number of rotatable bonds is 4. The largest absolute Gasteiger partial charge is 0.492 e. The van der Waals surface area contributed by atoms with Gasteiger partial charge in [-0.15, -0.1) is 0 Å². The van der Waals surface area contributed by atoms with E-state index in [1.54, 1.807) is 0 Å². The summed E-state index contributed by atoms with van der Waals surface area (Å²) in [4.78, 5) is 0. The van der Waals surface area contributed by atoms with E-state index in [4.69, 9.17) is 16.3 Å². The molecular formula is C13H20ClNO. The maximum atomic E-state index is 6.19. The second kappa shape index (κ2) is 5.07. The highest BCUT2D eigenvalue weighted by molar-refractivity contribution is 6.32. The summed E-state index contributed by atoms with van der Waals surface area (Å²) in [7, 11) is 1.95. The van der Waals surface area contributed by atoms with E-state index in [0.29, 0.717) is 11.6 Å². The van der Waals surface area contributed by atoms with Gasteiger partial charge in [0, 0.05) is 5.54 Å². The first-order chi connectivity index (χ1) is 7.42. The third-order valence-corrected chi connectivity index (χ3v) is 3.17. The zero-order valence-corrected chi connectivity index (χ0v) is 11.4. The van der Waals surface area contributed by atoms with Crippen LogP contribution in [0.3, 0.4) is 0 Å². The SMILES string of the molecule is CCOc1cc(C)c(C(C)(C)NC)cc1Cl. The molecule has 1 aromatic carbocycles. The highest BCUT2D eigenvalue weighted by Gasteiger charge is 2.21. The molecule has 0 aromatic heterocycles. The third kappa shape index (κ3) is 2.69. The van der Waals surface area contributed by atoms with Crippen LogP contribution >= 0.6 is 11.6 Å². The van der Waals surface area contributed by atoms with Crippen LogP contribution in [0, 0.1) is 6.92 Å². The molecule has 0 aliphatic heterocycles. The molecule has 0 atom stereocenters. The van der Waals surface area contributed by atoms with Crippen molar-refractivity contribution < 1.29 is 4.74 Å². The molecule has 3 heteroatoms. The van der Waals surface area contributed by atoms with Gasteiger partial charge in [-0.2, -0.15) is 0 Å². The van der Waals surface area contributed by atoms with Crippen molar-refractivity contribution in [3.05, 3.63) is 28.3 Å². The van der Waals surface area contributed by atoms with E-state index < -0.39 is 0 Å². The molecule has 0 fully saturated rings. The highest BCUT2D eigenvalue weighted by atomic mass is 35.5. The smallest absolute Gasteiger partial charge is 0.138 e. The van der Waals surface area contributed by atoms with E-state index in [0.717, 1.165) is 5.75 Å². The van der Waals surface area contributed by atoms with Gasteiger partial charge in [0.25, 0.3) is 0 Å². The van der Waals surface area contributed by atoms with Gasteiger partial charge in [-0.05, 0) is 58.0 Å². The van der Waals surface area contributed by atoms with Crippen LogP contribution < -0.4 is 10.1 Å². The van der Waals surface area contributed by atoms with Crippen molar-refractivity contribution in [1.82, 2.24) is 5.32 Å².